The molecule has 3 aromatic rings. The Morgan fingerprint density at radius 1 is 1.03 bits per heavy atom. The topological polar surface area (TPSA) is 62.7 Å². The molecule has 0 aliphatic carbocycles. The maximum atomic E-state index is 12.9. The highest BCUT2D eigenvalue weighted by Crippen LogP contribution is 2.26. The molecule has 0 saturated carbocycles. The largest absolute Gasteiger partial charge is 0.494 e. The van der Waals surface area contributed by atoms with E-state index in [2.05, 4.69) is 38.3 Å². The molecule has 2 heterocycles. The van der Waals surface area contributed by atoms with Crippen LogP contribution in [0.25, 0.3) is 0 Å². The van der Waals surface area contributed by atoms with E-state index in [9.17, 15) is 8.42 Å². The van der Waals surface area contributed by atoms with Crippen molar-refractivity contribution in [3.63, 3.8) is 0 Å². The fraction of sp³-hybridized carbons (Fsp3) is 0.318. The molecule has 1 aromatic heterocycles. The Kier molecular flexibility index (Phi) is 6.95. The van der Waals surface area contributed by atoms with Crippen molar-refractivity contribution in [2.24, 2.45) is 0 Å². The maximum Gasteiger partial charge on any atom is 0.243 e. The number of hydrogen-bond acceptors (Lipinski definition) is 6. The van der Waals surface area contributed by atoms with Gasteiger partial charge in [0.25, 0.3) is 0 Å². The first-order chi connectivity index (χ1) is 15.0. The molecule has 0 unspecified atom stereocenters. The highest BCUT2D eigenvalue weighted by Gasteiger charge is 2.29. The number of halogens is 1. The standard InChI is InChI=1S/C22H24BrN3O3S2/c1-2-29-20-7-3-17(4-8-20)15-19-16-30-22(24-19)25-11-13-26(14-12-25)31(27,28)21-9-5-18(23)6-10-21/h3-10,16H,2,11-15H2,1H3. The number of hydrogen-bond donors (Lipinski definition) is 0. The Morgan fingerprint density at radius 2 is 1.71 bits per heavy atom. The minimum Gasteiger partial charge on any atom is -0.494 e. The SMILES string of the molecule is CCOc1ccc(Cc2csc(N3CCN(S(=O)(=O)c4ccc(Br)cc4)CC3)n2)cc1. The number of thiazole rings is 1. The molecule has 1 aliphatic rings. The maximum absolute atomic E-state index is 12.9. The van der Waals surface area contributed by atoms with E-state index in [1.807, 2.05) is 19.1 Å². The molecule has 0 amide bonds. The highest BCUT2D eigenvalue weighted by molar-refractivity contribution is 9.10. The molecule has 1 fully saturated rings. The number of nitrogens with zero attached hydrogens (tertiary/aromatic N) is 3. The predicted octanol–water partition coefficient (Wildman–Crippen LogP) is 4.41. The van der Waals surface area contributed by atoms with Crippen LogP contribution in [0.5, 0.6) is 5.75 Å². The van der Waals surface area contributed by atoms with Crippen LogP contribution in [0, 0.1) is 0 Å². The molecular formula is C22H24BrN3O3S2. The summed E-state index contributed by atoms with van der Waals surface area (Å²) < 4.78 is 33.7. The van der Waals surface area contributed by atoms with Crippen LogP contribution in [0.2, 0.25) is 0 Å². The second-order valence-corrected chi connectivity index (χ2v) is 10.9. The smallest absolute Gasteiger partial charge is 0.243 e. The summed E-state index contributed by atoms with van der Waals surface area (Å²) in [5, 5.41) is 3.03. The molecular weight excluding hydrogens is 498 g/mol. The number of benzene rings is 2. The first-order valence-corrected chi connectivity index (χ1v) is 13.2. The first kappa shape index (κ1) is 22.3. The van der Waals surface area contributed by atoms with Crippen molar-refractivity contribution in [2.45, 2.75) is 18.2 Å². The van der Waals surface area contributed by atoms with Crippen LogP contribution in [-0.4, -0.2) is 50.5 Å². The van der Waals surface area contributed by atoms with Crippen LogP contribution in [0.4, 0.5) is 5.13 Å². The molecule has 4 rings (SSSR count). The van der Waals surface area contributed by atoms with Gasteiger partial charge in [0.2, 0.25) is 10.0 Å². The van der Waals surface area contributed by atoms with E-state index >= 15 is 0 Å². The van der Waals surface area contributed by atoms with Crippen LogP contribution in [0.15, 0.2) is 63.3 Å². The molecule has 31 heavy (non-hydrogen) atoms. The number of rotatable bonds is 7. The van der Waals surface area contributed by atoms with Crippen LogP contribution >= 0.6 is 27.3 Å². The highest BCUT2D eigenvalue weighted by atomic mass is 79.9. The van der Waals surface area contributed by atoms with Crippen LogP contribution < -0.4 is 9.64 Å². The van der Waals surface area contributed by atoms with Gasteiger partial charge < -0.3 is 9.64 Å². The van der Waals surface area contributed by atoms with Crippen molar-refractivity contribution in [2.75, 3.05) is 37.7 Å². The van der Waals surface area contributed by atoms with E-state index in [1.165, 1.54) is 5.56 Å². The Bertz CT molecular complexity index is 1110. The third-order valence-corrected chi connectivity index (χ3v) is 8.51. The van der Waals surface area contributed by atoms with E-state index in [1.54, 1.807) is 39.9 Å². The quantitative estimate of drug-likeness (QED) is 0.460. The van der Waals surface area contributed by atoms with Gasteiger partial charge in [-0.05, 0) is 48.9 Å². The Balaban J connectivity index is 1.36. The van der Waals surface area contributed by atoms with Gasteiger partial charge in [-0.25, -0.2) is 13.4 Å². The lowest BCUT2D eigenvalue weighted by atomic mass is 10.1. The van der Waals surface area contributed by atoms with Crippen molar-refractivity contribution < 1.29 is 13.2 Å². The van der Waals surface area contributed by atoms with Gasteiger partial charge in [0.05, 0.1) is 17.2 Å². The molecule has 0 radical (unpaired) electrons. The summed E-state index contributed by atoms with van der Waals surface area (Å²) in [5.74, 6) is 0.876. The number of sulfonamides is 1. The van der Waals surface area contributed by atoms with Crippen molar-refractivity contribution in [3.8, 4) is 5.75 Å². The number of anilines is 1. The molecule has 2 aromatic carbocycles. The van der Waals surface area contributed by atoms with Gasteiger partial charge in [-0.15, -0.1) is 11.3 Å². The fourth-order valence-corrected chi connectivity index (χ4v) is 6.04. The van der Waals surface area contributed by atoms with Crippen molar-refractivity contribution >= 4 is 42.4 Å². The number of aromatic nitrogens is 1. The molecule has 1 aliphatic heterocycles. The summed E-state index contributed by atoms with van der Waals surface area (Å²) >= 11 is 4.96. The zero-order chi connectivity index (χ0) is 21.8. The second kappa shape index (κ2) is 9.68. The molecule has 6 nitrogen and oxygen atoms in total. The zero-order valence-corrected chi connectivity index (χ0v) is 20.4. The monoisotopic (exact) mass is 521 g/mol. The van der Waals surface area contributed by atoms with Crippen molar-refractivity contribution in [3.05, 3.63) is 69.6 Å². The van der Waals surface area contributed by atoms with Gasteiger partial charge in [-0.2, -0.15) is 4.31 Å². The average molecular weight is 522 g/mol. The summed E-state index contributed by atoms with van der Waals surface area (Å²) in [6.45, 7) is 4.79. The lowest BCUT2D eigenvalue weighted by Crippen LogP contribution is -2.48. The van der Waals surface area contributed by atoms with E-state index in [0.29, 0.717) is 37.7 Å². The molecule has 0 atom stereocenters. The Morgan fingerprint density at radius 3 is 2.35 bits per heavy atom. The van der Waals surface area contributed by atoms with Gasteiger partial charge in [0.15, 0.2) is 5.13 Å². The van der Waals surface area contributed by atoms with Crippen LogP contribution in [0.1, 0.15) is 18.2 Å². The van der Waals surface area contributed by atoms with E-state index < -0.39 is 10.0 Å². The second-order valence-electron chi connectivity index (χ2n) is 7.22. The van der Waals surface area contributed by atoms with Gasteiger partial charge in [0, 0.05) is 42.5 Å². The van der Waals surface area contributed by atoms with Gasteiger partial charge in [-0.3, -0.25) is 0 Å². The number of ether oxygens (including phenoxy) is 1. The third kappa shape index (κ3) is 5.28. The third-order valence-electron chi connectivity index (χ3n) is 5.12. The summed E-state index contributed by atoms with van der Waals surface area (Å²) in [4.78, 5) is 7.28. The van der Waals surface area contributed by atoms with Crippen molar-refractivity contribution in [1.29, 1.82) is 0 Å². The molecule has 0 bridgehead atoms. The summed E-state index contributed by atoms with van der Waals surface area (Å²) in [6, 6.07) is 14.9. The average Bonchev–Trinajstić information content (AvgIpc) is 3.24. The van der Waals surface area contributed by atoms with Crippen molar-refractivity contribution in [1.82, 2.24) is 9.29 Å². The normalized spacial score (nSPS) is 15.2. The summed E-state index contributed by atoms with van der Waals surface area (Å²) in [5.41, 5.74) is 2.21. The Hall–Kier alpha value is -1.94. The number of piperazine rings is 1. The van der Waals surface area contributed by atoms with E-state index in [-0.39, 0.29) is 0 Å². The van der Waals surface area contributed by atoms with Crippen LogP contribution in [-0.2, 0) is 16.4 Å². The van der Waals surface area contributed by atoms with Crippen LogP contribution in [0.3, 0.4) is 0 Å². The van der Waals surface area contributed by atoms with E-state index in [4.69, 9.17) is 9.72 Å². The lowest BCUT2D eigenvalue weighted by molar-refractivity contribution is 0.340. The fourth-order valence-electron chi connectivity index (χ4n) is 3.48. The van der Waals surface area contributed by atoms with Gasteiger partial charge in [0.1, 0.15) is 5.75 Å². The minimum absolute atomic E-state index is 0.330. The minimum atomic E-state index is -3.47. The predicted molar refractivity (Wildman–Crippen MR) is 128 cm³/mol. The first-order valence-electron chi connectivity index (χ1n) is 10.1. The lowest BCUT2D eigenvalue weighted by Gasteiger charge is -2.33. The Labute approximate surface area is 195 Å². The van der Waals surface area contributed by atoms with Gasteiger partial charge in [-0.1, -0.05) is 28.1 Å². The molecule has 0 N–H and O–H groups in total. The van der Waals surface area contributed by atoms with E-state index in [0.717, 1.165) is 27.5 Å². The summed E-state index contributed by atoms with van der Waals surface area (Å²) in [6.07, 6.45) is 0.765. The molecule has 1 saturated heterocycles. The molecule has 164 valence electrons. The summed E-state index contributed by atoms with van der Waals surface area (Å²) in [7, 11) is -3.47. The molecule has 9 heteroatoms. The van der Waals surface area contributed by atoms with Gasteiger partial charge >= 0.3 is 0 Å². The molecule has 0 spiro atoms. The zero-order valence-electron chi connectivity index (χ0n) is 17.2.